The van der Waals surface area contributed by atoms with E-state index in [-0.39, 0.29) is 11.5 Å². The lowest BCUT2D eigenvalue weighted by atomic mass is 10.1. The Balaban J connectivity index is 1.62. The Morgan fingerprint density at radius 2 is 2.22 bits per heavy atom. The molecule has 0 aliphatic heterocycles. The molecule has 0 radical (unpaired) electrons. The van der Waals surface area contributed by atoms with Gasteiger partial charge in [0.05, 0.1) is 17.6 Å². The number of amides is 1. The first-order chi connectivity index (χ1) is 11.1. The van der Waals surface area contributed by atoms with Crippen LogP contribution in [0.25, 0.3) is 10.9 Å². The molecule has 3 aromatic rings. The third-order valence-corrected chi connectivity index (χ3v) is 4.28. The molecule has 0 saturated heterocycles. The summed E-state index contributed by atoms with van der Waals surface area (Å²) in [5.74, 6) is -0.0132. The van der Waals surface area contributed by atoms with Crippen LogP contribution in [0.5, 0.6) is 0 Å². The number of hydrogen-bond donors (Lipinski definition) is 2. The van der Waals surface area contributed by atoms with Crippen LogP contribution in [0.4, 0.5) is 0 Å². The van der Waals surface area contributed by atoms with Gasteiger partial charge in [-0.05, 0) is 36.1 Å². The SMILES string of the molecule is Cc1cc2cc(CC(=O)NCCc3cscn3)ccc2[nH]c1=O. The molecule has 0 aliphatic carbocycles. The number of H-pyrrole nitrogens is 1. The van der Waals surface area contributed by atoms with Crippen LogP contribution < -0.4 is 10.9 Å². The number of aromatic amines is 1. The number of aromatic nitrogens is 2. The highest BCUT2D eigenvalue weighted by molar-refractivity contribution is 7.07. The maximum absolute atomic E-state index is 12.0. The van der Waals surface area contributed by atoms with E-state index in [1.54, 1.807) is 23.8 Å². The van der Waals surface area contributed by atoms with E-state index in [2.05, 4.69) is 15.3 Å². The number of benzene rings is 1. The Labute approximate surface area is 137 Å². The highest BCUT2D eigenvalue weighted by Crippen LogP contribution is 2.14. The van der Waals surface area contributed by atoms with Crippen molar-refractivity contribution in [2.75, 3.05) is 6.54 Å². The number of nitrogens with zero attached hydrogens (tertiary/aromatic N) is 1. The number of rotatable bonds is 5. The number of nitrogens with one attached hydrogen (secondary N) is 2. The third kappa shape index (κ3) is 3.84. The standard InChI is InChI=1S/C17H17N3O2S/c1-11-6-13-7-12(2-3-15(13)20-17(11)22)8-16(21)18-5-4-14-9-23-10-19-14/h2-3,6-7,9-10H,4-5,8H2,1H3,(H,18,21)(H,20,22). The number of fused-ring (bicyclic) bond motifs is 1. The minimum atomic E-state index is -0.0787. The van der Waals surface area contributed by atoms with E-state index in [4.69, 9.17) is 0 Å². The zero-order chi connectivity index (χ0) is 16.2. The van der Waals surface area contributed by atoms with Gasteiger partial charge in [0, 0.05) is 29.4 Å². The molecule has 0 saturated carbocycles. The number of thiazole rings is 1. The van der Waals surface area contributed by atoms with Crippen molar-refractivity contribution in [2.45, 2.75) is 19.8 Å². The monoisotopic (exact) mass is 327 g/mol. The summed E-state index contributed by atoms with van der Waals surface area (Å²) in [7, 11) is 0. The van der Waals surface area contributed by atoms with E-state index < -0.39 is 0 Å². The summed E-state index contributed by atoms with van der Waals surface area (Å²) >= 11 is 1.56. The van der Waals surface area contributed by atoms with Gasteiger partial charge in [-0.1, -0.05) is 6.07 Å². The zero-order valence-electron chi connectivity index (χ0n) is 12.8. The Bertz CT molecular complexity index is 884. The first-order valence-electron chi connectivity index (χ1n) is 7.38. The van der Waals surface area contributed by atoms with Gasteiger partial charge in [-0.15, -0.1) is 11.3 Å². The number of aryl methyl sites for hydroxylation is 1. The number of carbonyl (C=O) groups excluding carboxylic acids is 1. The molecule has 1 amide bonds. The lowest BCUT2D eigenvalue weighted by Crippen LogP contribution is -2.27. The molecule has 0 aliphatic rings. The summed E-state index contributed by atoms with van der Waals surface area (Å²) in [4.78, 5) is 30.6. The van der Waals surface area contributed by atoms with E-state index in [0.29, 0.717) is 18.5 Å². The maximum Gasteiger partial charge on any atom is 0.251 e. The van der Waals surface area contributed by atoms with Crippen LogP contribution in [-0.4, -0.2) is 22.4 Å². The molecule has 0 fully saturated rings. The molecule has 0 unspecified atom stereocenters. The summed E-state index contributed by atoms with van der Waals surface area (Å²) in [5, 5.41) is 5.83. The molecule has 1 aromatic carbocycles. The normalized spacial score (nSPS) is 10.8. The zero-order valence-corrected chi connectivity index (χ0v) is 13.6. The van der Waals surface area contributed by atoms with Crippen molar-refractivity contribution in [3.05, 3.63) is 62.3 Å². The lowest BCUT2D eigenvalue weighted by molar-refractivity contribution is -0.120. The highest BCUT2D eigenvalue weighted by atomic mass is 32.1. The van der Waals surface area contributed by atoms with Crippen molar-refractivity contribution in [1.29, 1.82) is 0 Å². The van der Waals surface area contributed by atoms with E-state index in [1.807, 2.05) is 29.6 Å². The molecule has 2 N–H and O–H groups in total. The van der Waals surface area contributed by atoms with Crippen molar-refractivity contribution in [3.63, 3.8) is 0 Å². The van der Waals surface area contributed by atoms with E-state index in [0.717, 1.165) is 28.6 Å². The third-order valence-electron chi connectivity index (χ3n) is 3.65. The first kappa shape index (κ1) is 15.4. The van der Waals surface area contributed by atoms with Crippen LogP contribution in [0, 0.1) is 6.92 Å². The second kappa shape index (κ2) is 6.75. The molecule has 23 heavy (non-hydrogen) atoms. The van der Waals surface area contributed by atoms with E-state index >= 15 is 0 Å². The Kier molecular flexibility index (Phi) is 4.52. The smallest absolute Gasteiger partial charge is 0.251 e. The first-order valence-corrected chi connectivity index (χ1v) is 8.32. The summed E-state index contributed by atoms with van der Waals surface area (Å²) in [6.45, 7) is 2.36. The van der Waals surface area contributed by atoms with Gasteiger partial charge in [-0.2, -0.15) is 0 Å². The maximum atomic E-state index is 12.0. The van der Waals surface area contributed by atoms with Gasteiger partial charge >= 0.3 is 0 Å². The summed E-state index contributed by atoms with van der Waals surface area (Å²) in [6.07, 6.45) is 1.07. The van der Waals surface area contributed by atoms with Crippen molar-refractivity contribution in [1.82, 2.24) is 15.3 Å². The predicted molar refractivity (Wildman–Crippen MR) is 91.8 cm³/mol. The minimum Gasteiger partial charge on any atom is -0.355 e. The fraction of sp³-hybridized carbons (Fsp3) is 0.235. The van der Waals surface area contributed by atoms with Crippen LogP contribution in [-0.2, 0) is 17.6 Å². The van der Waals surface area contributed by atoms with Crippen LogP contribution >= 0.6 is 11.3 Å². The fourth-order valence-corrected chi connectivity index (χ4v) is 3.01. The Morgan fingerprint density at radius 3 is 3.00 bits per heavy atom. The number of hydrogen-bond acceptors (Lipinski definition) is 4. The molecular weight excluding hydrogens is 310 g/mol. The minimum absolute atomic E-state index is 0.0132. The van der Waals surface area contributed by atoms with Gasteiger partial charge in [-0.3, -0.25) is 9.59 Å². The molecule has 3 rings (SSSR count). The Hall–Kier alpha value is -2.47. The molecule has 5 nitrogen and oxygen atoms in total. The van der Waals surface area contributed by atoms with E-state index in [9.17, 15) is 9.59 Å². The van der Waals surface area contributed by atoms with Gasteiger partial charge in [0.2, 0.25) is 5.91 Å². The second-order valence-electron chi connectivity index (χ2n) is 5.46. The molecule has 0 bridgehead atoms. The van der Waals surface area contributed by atoms with Gasteiger partial charge < -0.3 is 10.3 Å². The van der Waals surface area contributed by atoms with Crippen LogP contribution in [0.3, 0.4) is 0 Å². The largest absolute Gasteiger partial charge is 0.355 e. The summed E-state index contributed by atoms with van der Waals surface area (Å²) < 4.78 is 0. The van der Waals surface area contributed by atoms with Crippen LogP contribution in [0.2, 0.25) is 0 Å². The molecule has 118 valence electrons. The molecule has 2 aromatic heterocycles. The predicted octanol–water partition coefficient (Wildman–Crippen LogP) is 2.19. The average molecular weight is 327 g/mol. The van der Waals surface area contributed by atoms with Crippen LogP contribution in [0.1, 0.15) is 16.8 Å². The van der Waals surface area contributed by atoms with Crippen molar-refractivity contribution < 1.29 is 4.79 Å². The molecule has 6 heteroatoms. The summed E-state index contributed by atoms with van der Waals surface area (Å²) in [6, 6.07) is 7.50. The van der Waals surface area contributed by atoms with Crippen LogP contribution in [0.15, 0.2) is 40.0 Å². The number of carbonyl (C=O) groups is 1. The van der Waals surface area contributed by atoms with Crippen molar-refractivity contribution in [2.24, 2.45) is 0 Å². The van der Waals surface area contributed by atoms with Gasteiger partial charge in [0.1, 0.15) is 0 Å². The number of pyridine rings is 1. The van der Waals surface area contributed by atoms with E-state index in [1.165, 1.54) is 0 Å². The van der Waals surface area contributed by atoms with Gasteiger partial charge in [0.15, 0.2) is 0 Å². The van der Waals surface area contributed by atoms with Crippen molar-refractivity contribution >= 4 is 28.1 Å². The quantitative estimate of drug-likeness (QED) is 0.754. The molecule has 2 heterocycles. The molecule has 0 spiro atoms. The highest BCUT2D eigenvalue weighted by Gasteiger charge is 2.06. The summed E-state index contributed by atoms with van der Waals surface area (Å²) in [5.41, 5.74) is 5.09. The average Bonchev–Trinajstić information content (AvgIpc) is 3.02. The van der Waals surface area contributed by atoms with Gasteiger partial charge in [0.25, 0.3) is 5.56 Å². The molecular formula is C17H17N3O2S. The lowest BCUT2D eigenvalue weighted by Gasteiger charge is -2.06. The van der Waals surface area contributed by atoms with Gasteiger partial charge in [-0.25, -0.2) is 4.98 Å². The molecule has 0 atom stereocenters. The fourth-order valence-electron chi connectivity index (χ4n) is 2.41. The Morgan fingerprint density at radius 1 is 1.35 bits per heavy atom. The van der Waals surface area contributed by atoms with Crippen molar-refractivity contribution in [3.8, 4) is 0 Å². The second-order valence-corrected chi connectivity index (χ2v) is 6.18. The topological polar surface area (TPSA) is 74.8 Å².